The van der Waals surface area contributed by atoms with Gasteiger partial charge in [0.15, 0.2) is 5.78 Å². The van der Waals surface area contributed by atoms with Crippen molar-refractivity contribution in [2.75, 3.05) is 0 Å². The van der Waals surface area contributed by atoms with Gasteiger partial charge in [-0.1, -0.05) is 44.1 Å². The van der Waals surface area contributed by atoms with E-state index >= 15 is 0 Å². The van der Waals surface area contributed by atoms with Gasteiger partial charge in [0, 0.05) is 17.9 Å². The molecule has 0 radical (unpaired) electrons. The Morgan fingerprint density at radius 1 is 1.46 bits per heavy atom. The van der Waals surface area contributed by atoms with Crippen molar-refractivity contribution in [1.82, 2.24) is 0 Å². The molecule has 2 aliphatic rings. The molecule has 0 aromatic carbocycles. The van der Waals surface area contributed by atoms with E-state index in [9.17, 15) is 9.59 Å². The van der Waals surface area contributed by atoms with E-state index in [2.05, 4.69) is 20.4 Å². The molecule has 4 unspecified atom stereocenters. The first-order chi connectivity index (χ1) is 11.2. The highest BCUT2D eigenvalue weighted by Crippen LogP contribution is 2.52. The first-order valence-corrected chi connectivity index (χ1v) is 8.97. The zero-order valence-corrected chi connectivity index (χ0v) is 15.6. The summed E-state index contributed by atoms with van der Waals surface area (Å²) < 4.78 is 5.76. The SMILES string of the molecule is C=C(C)C1CC2(C)C(=CC1=O)CCC(OC(=O)C=C(C)CC)C2C. The molecular formula is C21H30O3. The van der Waals surface area contributed by atoms with E-state index in [1.165, 1.54) is 5.57 Å². The fraction of sp³-hybridized carbons (Fsp3) is 0.619. The van der Waals surface area contributed by atoms with Crippen LogP contribution in [0, 0.1) is 17.3 Å². The van der Waals surface area contributed by atoms with Gasteiger partial charge in [-0.3, -0.25) is 4.79 Å². The lowest BCUT2D eigenvalue weighted by atomic mass is 9.57. The number of esters is 1. The van der Waals surface area contributed by atoms with E-state index < -0.39 is 0 Å². The van der Waals surface area contributed by atoms with E-state index in [1.54, 1.807) is 6.08 Å². The molecule has 0 N–H and O–H groups in total. The molecule has 0 aromatic rings. The summed E-state index contributed by atoms with van der Waals surface area (Å²) in [4.78, 5) is 24.5. The Morgan fingerprint density at radius 3 is 2.71 bits per heavy atom. The number of hydrogen-bond donors (Lipinski definition) is 0. The molecule has 0 bridgehead atoms. The average molecular weight is 330 g/mol. The third kappa shape index (κ3) is 3.55. The summed E-state index contributed by atoms with van der Waals surface area (Å²) in [5.41, 5.74) is 3.06. The second kappa shape index (κ2) is 7.08. The fourth-order valence-corrected chi connectivity index (χ4v) is 3.95. The number of fused-ring (bicyclic) bond motifs is 1. The van der Waals surface area contributed by atoms with Gasteiger partial charge in [0.2, 0.25) is 0 Å². The van der Waals surface area contributed by atoms with E-state index in [0.717, 1.165) is 36.8 Å². The lowest BCUT2D eigenvalue weighted by molar-refractivity contribution is -0.150. The molecule has 0 aliphatic heterocycles. The van der Waals surface area contributed by atoms with Crippen LogP contribution in [0.2, 0.25) is 0 Å². The number of rotatable bonds is 4. The zero-order chi connectivity index (χ0) is 18.1. The quantitative estimate of drug-likeness (QED) is 0.423. The van der Waals surface area contributed by atoms with Crippen molar-refractivity contribution < 1.29 is 14.3 Å². The molecule has 0 aromatic heterocycles. The lowest BCUT2D eigenvalue weighted by Crippen LogP contribution is -2.46. The molecule has 3 nitrogen and oxygen atoms in total. The van der Waals surface area contributed by atoms with Crippen LogP contribution in [-0.2, 0) is 14.3 Å². The van der Waals surface area contributed by atoms with Crippen LogP contribution < -0.4 is 0 Å². The van der Waals surface area contributed by atoms with Crippen LogP contribution in [-0.4, -0.2) is 17.9 Å². The molecule has 0 amide bonds. The van der Waals surface area contributed by atoms with Crippen LogP contribution in [0.3, 0.4) is 0 Å². The highest BCUT2D eigenvalue weighted by molar-refractivity contribution is 5.95. The number of carbonyl (C=O) groups is 2. The smallest absolute Gasteiger partial charge is 0.330 e. The summed E-state index contributed by atoms with van der Waals surface area (Å²) in [6.07, 6.45) is 6.57. The first kappa shape index (κ1) is 18.7. The fourth-order valence-electron chi connectivity index (χ4n) is 3.95. The van der Waals surface area contributed by atoms with Crippen LogP contribution in [0.25, 0.3) is 0 Å². The Hall–Kier alpha value is -1.64. The molecule has 2 aliphatic carbocycles. The highest BCUT2D eigenvalue weighted by Gasteiger charge is 2.48. The number of ketones is 1. The van der Waals surface area contributed by atoms with E-state index in [1.807, 2.05) is 26.8 Å². The lowest BCUT2D eigenvalue weighted by Gasteiger charge is -2.49. The summed E-state index contributed by atoms with van der Waals surface area (Å²) >= 11 is 0. The third-order valence-corrected chi connectivity index (χ3v) is 6.07. The number of carbonyl (C=O) groups excluding carboxylic acids is 2. The predicted molar refractivity (Wildman–Crippen MR) is 96.4 cm³/mol. The molecule has 0 saturated heterocycles. The van der Waals surface area contributed by atoms with Crippen LogP contribution >= 0.6 is 0 Å². The van der Waals surface area contributed by atoms with Gasteiger partial charge in [-0.25, -0.2) is 4.79 Å². The Balaban J connectivity index is 2.20. The number of hydrogen-bond acceptors (Lipinski definition) is 3. The molecule has 1 saturated carbocycles. The van der Waals surface area contributed by atoms with Crippen LogP contribution in [0.4, 0.5) is 0 Å². The molecular weight excluding hydrogens is 300 g/mol. The first-order valence-electron chi connectivity index (χ1n) is 8.97. The largest absolute Gasteiger partial charge is 0.459 e. The predicted octanol–water partition coefficient (Wildman–Crippen LogP) is 4.78. The molecule has 4 atom stereocenters. The Morgan fingerprint density at radius 2 is 2.12 bits per heavy atom. The van der Waals surface area contributed by atoms with Gasteiger partial charge in [-0.2, -0.15) is 0 Å². The van der Waals surface area contributed by atoms with Crippen LogP contribution in [0.5, 0.6) is 0 Å². The van der Waals surface area contributed by atoms with Gasteiger partial charge < -0.3 is 4.74 Å². The summed E-state index contributed by atoms with van der Waals surface area (Å²) in [6, 6.07) is 0. The minimum absolute atomic E-state index is 0.0977. The maximum Gasteiger partial charge on any atom is 0.330 e. The van der Waals surface area contributed by atoms with E-state index in [4.69, 9.17) is 4.74 Å². The second-order valence-corrected chi connectivity index (χ2v) is 7.74. The highest BCUT2D eigenvalue weighted by atomic mass is 16.5. The second-order valence-electron chi connectivity index (χ2n) is 7.74. The van der Waals surface area contributed by atoms with Crippen molar-refractivity contribution in [3.63, 3.8) is 0 Å². The minimum Gasteiger partial charge on any atom is -0.459 e. The summed E-state index contributed by atoms with van der Waals surface area (Å²) in [7, 11) is 0. The molecule has 2 rings (SSSR count). The normalized spacial score (nSPS) is 33.5. The maximum absolute atomic E-state index is 12.3. The topological polar surface area (TPSA) is 43.4 Å². The average Bonchev–Trinajstić information content (AvgIpc) is 2.51. The Labute approximate surface area is 145 Å². The van der Waals surface area contributed by atoms with Crippen molar-refractivity contribution in [1.29, 1.82) is 0 Å². The summed E-state index contributed by atoms with van der Waals surface area (Å²) in [5.74, 6) is 0.00862. The van der Waals surface area contributed by atoms with Gasteiger partial charge in [0.05, 0.1) is 0 Å². The minimum atomic E-state index is -0.245. The molecule has 3 heteroatoms. The van der Waals surface area contributed by atoms with Gasteiger partial charge in [0.1, 0.15) is 6.10 Å². The van der Waals surface area contributed by atoms with Crippen molar-refractivity contribution in [2.24, 2.45) is 17.3 Å². The van der Waals surface area contributed by atoms with Crippen molar-refractivity contribution in [3.8, 4) is 0 Å². The van der Waals surface area contributed by atoms with Crippen molar-refractivity contribution in [3.05, 3.63) is 35.5 Å². The summed E-state index contributed by atoms with van der Waals surface area (Å²) in [6.45, 7) is 14.2. The molecule has 1 fully saturated rings. The van der Waals surface area contributed by atoms with Gasteiger partial charge in [-0.05, 0) is 51.0 Å². The molecule has 0 spiro atoms. The van der Waals surface area contributed by atoms with Gasteiger partial charge in [-0.15, -0.1) is 0 Å². The molecule has 24 heavy (non-hydrogen) atoms. The van der Waals surface area contributed by atoms with Crippen LogP contribution in [0.15, 0.2) is 35.5 Å². The molecule has 0 heterocycles. The Kier molecular flexibility index (Phi) is 5.52. The number of allylic oxidation sites excluding steroid dienone is 4. The Bertz CT molecular complexity index is 611. The van der Waals surface area contributed by atoms with E-state index in [-0.39, 0.29) is 35.1 Å². The molecule has 132 valence electrons. The van der Waals surface area contributed by atoms with Crippen molar-refractivity contribution in [2.45, 2.75) is 66.4 Å². The van der Waals surface area contributed by atoms with E-state index in [0.29, 0.717) is 0 Å². The zero-order valence-electron chi connectivity index (χ0n) is 15.6. The van der Waals surface area contributed by atoms with Crippen LogP contribution in [0.1, 0.15) is 60.3 Å². The maximum atomic E-state index is 12.3. The third-order valence-electron chi connectivity index (χ3n) is 6.07. The van der Waals surface area contributed by atoms with Gasteiger partial charge >= 0.3 is 5.97 Å². The monoisotopic (exact) mass is 330 g/mol. The van der Waals surface area contributed by atoms with Crippen molar-refractivity contribution >= 4 is 11.8 Å². The van der Waals surface area contributed by atoms with Gasteiger partial charge in [0.25, 0.3) is 0 Å². The standard InChI is InChI=1S/C21H30O3/c1-7-14(4)10-20(23)24-19-9-8-16-11-18(22)17(13(2)3)12-21(16,6)15(19)5/h10-11,15,17,19H,2,7-9,12H2,1,3-6H3. The summed E-state index contributed by atoms with van der Waals surface area (Å²) in [5, 5.41) is 0. The number of ether oxygens (including phenoxy) is 1.